The molecule has 1 saturated heterocycles. The molecule has 0 atom stereocenters. The largest absolute Gasteiger partial charge is 0.466 e. The average Bonchev–Trinajstić information content (AvgIpc) is 3.60. The van der Waals surface area contributed by atoms with Gasteiger partial charge in [-0.05, 0) is 64.6 Å². The molecule has 0 aromatic heterocycles. The zero-order chi connectivity index (χ0) is 35.8. The predicted octanol–water partition coefficient (Wildman–Crippen LogP) is 9.42. The minimum Gasteiger partial charge on any atom is -0.466 e. The fourth-order valence-corrected chi connectivity index (χ4v) is 6.26. The van der Waals surface area contributed by atoms with Crippen molar-refractivity contribution in [2.75, 3.05) is 39.5 Å². The van der Waals surface area contributed by atoms with Crippen LogP contribution >= 0.6 is 0 Å². The summed E-state index contributed by atoms with van der Waals surface area (Å²) in [7, 11) is 0. The minimum atomic E-state index is -2.12. The van der Waals surface area contributed by atoms with Crippen LogP contribution < -0.4 is 0 Å². The van der Waals surface area contributed by atoms with Gasteiger partial charge in [0, 0.05) is 6.42 Å². The maximum atomic E-state index is 13.8. The van der Waals surface area contributed by atoms with Crippen molar-refractivity contribution < 1.29 is 38.1 Å². The van der Waals surface area contributed by atoms with E-state index in [4.69, 9.17) is 18.9 Å². The first-order valence-corrected chi connectivity index (χ1v) is 20.3. The Hall–Kier alpha value is -2.16. The van der Waals surface area contributed by atoms with Gasteiger partial charge < -0.3 is 23.8 Å². The summed E-state index contributed by atoms with van der Waals surface area (Å²) in [5.74, 6) is -2.87. The molecule has 0 aromatic rings. The molecule has 0 aromatic carbocycles. The van der Waals surface area contributed by atoms with Crippen LogP contribution in [0.5, 0.6) is 0 Å². The molecule has 0 saturated carbocycles. The van der Waals surface area contributed by atoms with Crippen LogP contribution in [0.2, 0.25) is 0 Å². The number of hydrogen-bond acceptors (Lipinski definition) is 9. The van der Waals surface area contributed by atoms with E-state index in [-0.39, 0.29) is 26.2 Å². The highest BCUT2D eigenvalue weighted by Gasteiger charge is 2.49. The molecule has 1 aliphatic heterocycles. The molecule has 0 aliphatic carbocycles. The Morgan fingerprint density at radius 3 is 1.37 bits per heavy atom. The van der Waals surface area contributed by atoms with Crippen LogP contribution in [0, 0.1) is 0 Å². The van der Waals surface area contributed by atoms with E-state index in [0.717, 1.165) is 110 Å². The van der Waals surface area contributed by atoms with Crippen molar-refractivity contribution in [1.29, 1.82) is 0 Å². The van der Waals surface area contributed by atoms with Gasteiger partial charge in [-0.3, -0.25) is 14.4 Å². The maximum Gasteiger partial charge on any atom is 0.351 e. The lowest BCUT2D eigenvalue weighted by atomic mass is 9.94. The van der Waals surface area contributed by atoms with Crippen LogP contribution in [0.4, 0.5) is 0 Å². The van der Waals surface area contributed by atoms with Gasteiger partial charge in [0.1, 0.15) is 0 Å². The van der Waals surface area contributed by atoms with E-state index in [0.29, 0.717) is 25.7 Å². The normalized spacial score (nSPS) is 13.4. The number of ether oxygens (including phenoxy) is 4. The number of esters is 4. The highest BCUT2D eigenvalue weighted by Crippen LogP contribution is 2.27. The lowest BCUT2D eigenvalue weighted by Gasteiger charge is -2.30. The molecule has 0 spiro atoms. The summed E-state index contributed by atoms with van der Waals surface area (Å²) in [6, 6.07) is 0. The summed E-state index contributed by atoms with van der Waals surface area (Å²) in [5, 5.41) is 0. The van der Waals surface area contributed by atoms with Crippen molar-refractivity contribution in [3.05, 3.63) is 0 Å². The Labute approximate surface area is 299 Å². The molecule has 1 fully saturated rings. The Bertz CT molecular complexity index is 825. The van der Waals surface area contributed by atoms with Gasteiger partial charge in [0.25, 0.3) is 0 Å². The monoisotopic (exact) mass is 696 g/mol. The second-order valence-electron chi connectivity index (χ2n) is 14.1. The second-order valence-corrected chi connectivity index (χ2v) is 14.1. The van der Waals surface area contributed by atoms with E-state index in [1.807, 2.05) is 0 Å². The van der Waals surface area contributed by atoms with Crippen molar-refractivity contribution in [2.24, 2.45) is 0 Å². The molecule has 0 N–H and O–H groups in total. The van der Waals surface area contributed by atoms with Crippen molar-refractivity contribution in [3.8, 4) is 0 Å². The number of hydrogen-bond donors (Lipinski definition) is 0. The summed E-state index contributed by atoms with van der Waals surface area (Å²) < 4.78 is 22.5. The van der Waals surface area contributed by atoms with Gasteiger partial charge in [0.2, 0.25) is 5.60 Å². The summed E-state index contributed by atoms with van der Waals surface area (Å²) in [6.45, 7) is 10.3. The first-order chi connectivity index (χ1) is 23.9. The predicted molar refractivity (Wildman–Crippen MR) is 195 cm³/mol. The number of carbonyl (C=O) groups is 4. The van der Waals surface area contributed by atoms with E-state index in [9.17, 15) is 19.2 Å². The molecule has 1 aliphatic rings. The average molecular weight is 696 g/mol. The molecule has 0 bridgehead atoms. The van der Waals surface area contributed by atoms with Crippen LogP contribution in [0.3, 0.4) is 0 Å². The van der Waals surface area contributed by atoms with Crippen LogP contribution in [0.15, 0.2) is 0 Å². The minimum absolute atomic E-state index is 0.0894. The maximum absolute atomic E-state index is 13.8. The van der Waals surface area contributed by atoms with E-state index < -0.39 is 42.3 Å². The summed E-state index contributed by atoms with van der Waals surface area (Å²) in [4.78, 5) is 55.8. The van der Waals surface area contributed by atoms with E-state index in [1.165, 1.54) is 32.1 Å². The molecule has 0 amide bonds. The first-order valence-electron chi connectivity index (χ1n) is 20.3. The van der Waals surface area contributed by atoms with Gasteiger partial charge >= 0.3 is 23.9 Å². The van der Waals surface area contributed by atoms with Gasteiger partial charge in [0.05, 0.1) is 32.7 Å². The lowest BCUT2D eigenvalue weighted by Crippen LogP contribution is -2.48. The van der Waals surface area contributed by atoms with Crippen molar-refractivity contribution >= 4 is 23.9 Å². The fraction of sp³-hybridized carbons (Fsp3) is 0.900. The highest BCUT2D eigenvalue weighted by molar-refractivity contribution is 5.92. The van der Waals surface area contributed by atoms with Crippen molar-refractivity contribution in [1.82, 2.24) is 4.90 Å². The number of likely N-dealkylation sites (tertiary alicyclic amines) is 1. The van der Waals surface area contributed by atoms with Crippen LogP contribution in [0.25, 0.3) is 0 Å². The molecular weight excluding hydrogens is 622 g/mol. The molecule has 9 heteroatoms. The number of carbonyl (C=O) groups excluding carboxylic acids is 4. The number of rotatable bonds is 33. The molecule has 1 heterocycles. The Morgan fingerprint density at radius 2 is 0.898 bits per heavy atom. The lowest BCUT2D eigenvalue weighted by molar-refractivity contribution is -0.191. The molecular formula is C40H73NO8. The number of unbranched alkanes of at least 4 members (excludes halogenated alkanes) is 17. The second kappa shape index (κ2) is 30.6. The van der Waals surface area contributed by atoms with Gasteiger partial charge in [-0.15, -0.1) is 0 Å². The van der Waals surface area contributed by atoms with Crippen molar-refractivity contribution in [3.63, 3.8) is 0 Å². The van der Waals surface area contributed by atoms with Crippen LogP contribution in [-0.2, 0) is 38.1 Å². The molecule has 9 nitrogen and oxygen atoms in total. The van der Waals surface area contributed by atoms with Gasteiger partial charge in [-0.25, -0.2) is 4.79 Å². The van der Waals surface area contributed by atoms with Gasteiger partial charge in [-0.2, -0.15) is 0 Å². The van der Waals surface area contributed by atoms with Gasteiger partial charge in [-0.1, -0.05) is 124 Å². The fourth-order valence-electron chi connectivity index (χ4n) is 6.26. The van der Waals surface area contributed by atoms with E-state index in [1.54, 1.807) is 0 Å². The zero-order valence-electron chi connectivity index (χ0n) is 31.8. The molecule has 286 valence electrons. The molecule has 49 heavy (non-hydrogen) atoms. The first kappa shape index (κ1) is 44.9. The summed E-state index contributed by atoms with van der Waals surface area (Å²) >= 11 is 0. The van der Waals surface area contributed by atoms with Gasteiger partial charge in [0.15, 0.2) is 0 Å². The van der Waals surface area contributed by atoms with Crippen LogP contribution in [-0.4, -0.2) is 73.8 Å². The molecule has 1 rings (SSSR count). The SMILES string of the molecule is CCCCCCCCOC(=O)CC(CC(=O)OCCCCCCCC)(OC(=O)CCCCCN1CCCC1)C(=O)OCCCCCCCC. The quantitative estimate of drug-likeness (QED) is 0.0377. The topological polar surface area (TPSA) is 108 Å². The standard InChI is InChI=1S/C40H73NO8/c1-4-7-10-13-16-24-31-46-37(43)34-40(39(45)48-33-26-18-15-12-9-6-3,35-38(44)47-32-25-17-14-11-8-5-2)49-36(42)27-20-19-21-28-41-29-22-23-30-41/h4-35H2,1-3H3. The highest BCUT2D eigenvalue weighted by atomic mass is 16.6. The summed E-state index contributed by atoms with van der Waals surface area (Å²) in [5.41, 5.74) is -2.12. The molecule has 0 radical (unpaired) electrons. The van der Waals surface area contributed by atoms with Crippen molar-refractivity contribution in [2.45, 2.75) is 193 Å². The third-order valence-corrected chi connectivity index (χ3v) is 9.35. The Balaban J connectivity index is 2.92. The summed E-state index contributed by atoms with van der Waals surface area (Å²) in [6.07, 6.45) is 22.3. The van der Waals surface area contributed by atoms with Crippen LogP contribution in [0.1, 0.15) is 188 Å². The Morgan fingerprint density at radius 1 is 0.490 bits per heavy atom. The smallest absolute Gasteiger partial charge is 0.351 e. The third kappa shape index (κ3) is 23.8. The molecule has 0 unspecified atom stereocenters. The third-order valence-electron chi connectivity index (χ3n) is 9.35. The number of nitrogens with zero attached hydrogens (tertiary/aromatic N) is 1. The zero-order valence-corrected chi connectivity index (χ0v) is 31.8. The van der Waals surface area contributed by atoms with E-state index in [2.05, 4.69) is 25.7 Å². The Kier molecular flexibility index (Phi) is 28.1. The van der Waals surface area contributed by atoms with E-state index >= 15 is 0 Å².